The van der Waals surface area contributed by atoms with Gasteiger partial charge in [-0.2, -0.15) is 0 Å². The molecule has 0 aliphatic rings. The van der Waals surface area contributed by atoms with E-state index in [1.165, 1.54) is 0 Å². The zero-order valence-corrected chi connectivity index (χ0v) is 18.3. The topological polar surface area (TPSA) is 17.1 Å². The third-order valence-corrected chi connectivity index (χ3v) is 6.01. The molecule has 1 heteroatoms. The number of rotatable bonds is 6. The first-order chi connectivity index (χ1) is 16.3. The summed E-state index contributed by atoms with van der Waals surface area (Å²) in [5.74, 6) is -0.287. The van der Waals surface area contributed by atoms with E-state index in [1.807, 2.05) is 103 Å². The van der Waals surface area contributed by atoms with E-state index in [4.69, 9.17) is 0 Å². The van der Waals surface area contributed by atoms with Crippen molar-refractivity contribution in [1.29, 1.82) is 0 Å². The van der Waals surface area contributed by atoms with E-state index in [0.29, 0.717) is 0 Å². The van der Waals surface area contributed by atoms with Gasteiger partial charge in [0.15, 0.2) is 5.78 Å². The molecule has 0 heterocycles. The molecule has 0 N–H and O–H groups in total. The van der Waals surface area contributed by atoms with Crippen molar-refractivity contribution in [3.8, 4) is 22.3 Å². The molecular formula is C32H24O. The minimum absolute atomic E-state index is 0.103. The third-order valence-electron chi connectivity index (χ3n) is 6.01. The molecule has 0 aromatic heterocycles. The number of hydrogen-bond acceptors (Lipinski definition) is 1. The van der Waals surface area contributed by atoms with Gasteiger partial charge in [0.2, 0.25) is 0 Å². The number of carbonyl (C=O) groups excluding carboxylic acids is 1. The predicted octanol–water partition coefficient (Wildman–Crippen LogP) is 8.04. The van der Waals surface area contributed by atoms with Gasteiger partial charge in [0, 0.05) is 5.56 Å². The highest BCUT2D eigenvalue weighted by molar-refractivity contribution is 6.12. The van der Waals surface area contributed by atoms with Crippen LogP contribution < -0.4 is 0 Å². The maximum atomic E-state index is 14.5. The number of Topliss-reactive ketones (excluding diaryl/α,β-unsaturated/α-hetero) is 1. The number of benzene rings is 5. The predicted molar refractivity (Wildman–Crippen MR) is 136 cm³/mol. The summed E-state index contributed by atoms with van der Waals surface area (Å²) in [5.41, 5.74) is 6.74. The fourth-order valence-corrected chi connectivity index (χ4v) is 4.46. The lowest BCUT2D eigenvalue weighted by molar-refractivity contribution is 0.0975. The van der Waals surface area contributed by atoms with Crippen LogP contribution in [0, 0.1) is 0 Å². The number of hydrogen-bond donors (Lipinski definition) is 0. The molecule has 0 aliphatic carbocycles. The molecule has 0 fully saturated rings. The van der Waals surface area contributed by atoms with Gasteiger partial charge in [0.25, 0.3) is 0 Å². The van der Waals surface area contributed by atoms with Gasteiger partial charge in [0.05, 0.1) is 5.92 Å². The molecule has 0 radical (unpaired) electrons. The van der Waals surface area contributed by atoms with Gasteiger partial charge in [0.1, 0.15) is 0 Å². The zero-order valence-electron chi connectivity index (χ0n) is 18.3. The van der Waals surface area contributed by atoms with Crippen LogP contribution in [0.15, 0.2) is 140 Å². The van der Waals surface area contributed by atoms with Crippen LogP contribution in [0.4, 0.5) is 0 Å². The average molecular weight is 425 g/mol. The Bertz CT molecular complexity index is 1240. The summed E-state index contributed by atoms with van der Waals surface area (Å²) in [6, 6.07) is 46.7. The first kappa shape index (κ1) is 20.7. The monoisotopic (exact) mass is 424 g/mol. The molecule has 0 amide bonds. The largest absolute Gasteiger partial charge is 0.293 e. The lowest BCUT2D eigenvalue weighted by atomic mass is 9.80. The number of carbonyl (C=O) groups is 1. The summed E-state index contributed by atoms with van der Waals surface area (Å²) >= 11 is 0. The first-order valence-corrected chi connectivity index (χ1v) is 11.2. The van der Waals surface area contributed by atoms with Crippen LogP contribution >= 0.6 is 0 Å². The van der Waals surface area contributed by atoms with Gasteiger partial charge >= 0.3 is 0 Å². The van der Waals surface area contributed by atoms with Gasteiger partial charge in [-0.15, -0.1) is 0 Å². The Hall–Kier alpha value is -4.23. The summed E-state index contributed by atoms with van der Waals surface area (Å²) in [7, 11) is 0. The van der Waals surface area contributed by atoms with Gasteiger partial charge in [-0.1, -0.05) is 140 Å². The maximum absolute atomic E-state index is 14.5. The molecule has 0 unspecified atom stereocenters. The van der Waals surface area contributed by atoms with Gasteiger partial charge in [-0.3, -0.25) is 4.79 Å². The van der Waals surface area contributed by atoms with E-state index in [0.717, 1.165) is 38.9 Å². The standard InChI is InChI=1S/C32H24O/c33-32(30(26-18-9-3-10-19-26)27-20-11-4-12-21-27)31-28(24-14-5-1-6-15-24)22-13-23-29(31)25-16-7-2-8-17-25/h1-23,30H. The van der Waals surface area contributed by atoms with E-state index < -0.39 is 0 Å². The Morgan fingerprint density at radius 2 is 0.788 bits per heavy atom. The lowest BCUT2D eigenvalue weighted by Gasteiger charge is -2.22. The van der Waals surface area contributed by atoms with Crippen molar-refractivity contribution in [1.82, 2.24) is 0 Å². The van der Waals surface area contributed by atoms with E-state index in [2.05, 4.69) is 36.4 Å². The second-order valence-corrected chi connectivity index (χ2v) is 8.08. The van der Waals surface area contributed by atoms with E-state index in [1.54, 1.807) is 0 Å². The molecule has 0 saturated carbocycles. The molecule has 0 bridgehead atoms. The Labute approximate surface area is 195 Å². The highest BCUT2D eigenvalue weighted by atomic mass is 16.1. The SMILES string of the molecule is O=C(c1c(-c2ccccc2)cccc1-c1ccccc1)C(c1ccccc1)c1ccccc1. The fourth-order valence-electron chi connectivity index (χ4n) is 4.46. The van der Waals surface area contributed by atoms with Crippen LogP contribution in [-0.2, 0) is 0 Å². The Kier molecular flexibility index (Phi) is 5.95. The molecule has 5 aromatic carbocycles. The van der Waals surface area contributed by atoms with Crippen molar-refractivity contribution in [2.75, 3.05) is 0 Å². The molecule has 1 nitrogen and oxygen atoms in total. The van der Waals surface area contributed by atoms with Gasteiger partial charge in [-0.05, 0) is 33.4 Å². The van der Waals surface area contributed by atoms with Crippen LogP contribution in [0.3, 0.4) is 0 Å². The summed E-state index contributed by atoms with van der Waals surface area (Å²) in [6.45, 7) is 0. The van der Waals surface area contributed by atoms with E-state index in [9.17, 15) is 4.79 Å². The molecule has 5 aromatic rings. The minimum atomic E-state index is -0.389. The second kappa shape index (κ2) is 9.50. The smallest absolute Gasteiger partial charge is 0.175 e. The second-order valence-electron chi connectivity index (χ2n) is 8.08. The van der Waals surface area contributed by atoms with Crippen LogP contribution in [0.25, 0.3) is 22.3 Å². The summed E-state index contributed by atoms with van der Waals surface area (Å²) in [6.07, 6.45) is 0. The highest BCUT2D eigenvalue weighted by Gasteiger charge is 2.28. The summed E-state index contributed by atoms with van der Waals surface area (Å²) < 4.78 is 0. The normalized spacial score (nSPS) is 10.8. The third kappa shape index (κ3) is 4.26. The van der Waals surface area contributed by atoms with Crippen molar-refractivity contribution < 1.29 is 4.79 Å². The summed E-state index contributed by atoms with van der Waals surface area (Å²) in [5, 5.41) is 0. The van der Waals surface area contributed by atoms with Crippen molar-refractivity contribution in [2.24, 2.45) is 0 Å². The minimum Gasteiger partial charge on any atom is -0.293 e. The first-order valence-electron chi connectivity index (χ1n) is 11.2. The van der Waals surface area contributed by atoms with Crippen molar-refractivity contribution in [3.05, 3.63) is 156 Å². The molecule has 158 valence electrons. The van der Waals surface area contributed by atoms with Gasteiger partial charge < -0.3 is 0 Å². The molecule has 0 spiro atoms. The molecule has 0 saturated heterocycles. The van der Waals surface area contributed by atoms with Gasteiger partial charge in [-0.25, -0.2) is 0 Å². The highest BCUT2D eigenvalue weighted by Crippen LogP contribution is 2.38. The Morgan fingerprint density at radius 3 is 1.18 bits per heavy atom. The molecule has 5 rings (SSSR count). The molecule has 0 aliphatic heterocycles. The lowest BCUT2D eigenvalue weighted by Crippen LogP contribution is -2.16. The zero-order chi connectivity index (χ0) is 22.5. The summed E-state index contributed by atoms with van der Waals surface area (Å²) in [4.78, 5) is 14.5. The van der Waals surface area contributed by atoms with Crippen LogP contribution in [0.2, 0.25) is 0 Å². The quantitative estimate of drug-likeness (QED) is 0.252. The Morgan fingerprint density at radius 1 is 0.424 bits per heavy atom. The molecule has 33 heavy (non-hydrogen) atoms. The molecular weight excluding hydrogens is 400 g/mol. The van der Waals surface area contributed by atoms with Crippen LogP contribution in [0.5, 0.6) is 0 Å². The van der Waals surface area contributed by atoms with Crippen molar-refractivity contribution in [2.45, 2.75) is 5.92 Å². The van der Waals surface area contributed by atoms with Crippen LogP contribution in [-0.4, -0.2) is 5.78 Å². The molecule has 0 atom stereocenters. The van der Waals surface area contributed by atoms with E-state index in [-0.39, 0.29) is 11.7 Å². The van der Waals surface area contributed by atoms with Crippen molar-refractivity contribution >= 4 is 5.78 Å². The number of ketones is 1. The Balaban J connectivity index is 1.77. The fraction of sp³-hybridized carbons (Fsp3) is 0.0312. The maximum Gasteiger partial charge on any atom is 0.175 e. The van der Waals surface area contributed by atoms with Crippen molar-refractivity contribution in [3.63, 3.8) is 0 Å². The van der Waals surface area contributed by atoms with E-state index >= 15 is 0 Å². The van der Waals surface area contributed by atoms with Crippen LogP contribution in [0.1, 0.15) is 27.4 Å². The average Bonchev–Trinajstić information content (AvgIpc) is 2.90.